The fraction of sp³-hybridized carbons (Fsp3) is 0.250. The van der Waals surface area contributed by atoms with Gasteiger partial charge in [-0.15, -0.1) is 5.10 Å². The topological polar surface area (TPSA) is 66.4 Å². The lowest BCUT2D eigenvalue weighted by Crippen LogP contribution is -2.37. The van der Waals surface area contributed by atoms with Crippen molar-refractivity contribution in [1.82, 2.24) is 15.1 Å². The predicted molar refractivity (Wildman–Crippen MR) is 88.8 cm³/mol. The van der Waals surface area contributed by atoms with E-state index in [-0.39, 0.29) is 23.8 Å². The number of hydrogen-bond acceptors (Lipinski definition) is 4. The first kappa shape index (κ1) is 15.6. The molecule has 0 spiro atoms. The van der Waals surface area contributed by atoms with Crippen LogP contribution in [0.25, 0.3) is 0 Å². The van der Waals surface area contributed by atoms with Gasteiger partial charge in [0.15, 0.2) is 5.82 Å². The van der Waals surface area contributed by atoms with E-state index in [1.54, 1.807) is 17.0 Å². The molecular weight excluding hydrogens is 360 g/mol. The Morgan fingerprint density at radius 3 is 2.39 bits per heavy atom. The Balaban J connectivity index is 2.06. The highest BCUT2D eigenvalue weighted by atomic mass is 79.9. The maximum Gasteiger partial charge on any atom is 0.333 e. The second-order valence-corrected chi connectivity index (χ2v) is 6.41. The zero-order chi connectivity index (χ0) is 16.6. The number of hydrogen-bond donors (Lipinski definition) is 0. The third-order valence-corrected chi connectivity index (χ3v) is 4.20. The van der Waals surface area contributed by atoms with E-state index in [0.29, 0.717) is 0 Å². The maximum atomic E-state index is 12.9. The molecule has 0 unspecified atom stereocenters. The summed E-state index contributed by atoms with van der Waals surface area (Å²) in [7, 11) is 0. The highest BCUT2D eigenvalue weighted by Gasteiger charge is 2.48. The van der Waals surface area contributed by atoms with Crippen LogP contribution in [0.1, 0.15) is 25.5 Å². The molecule has 0 radical (unpaired) electrons. The van der Waals surface area contributed by atoms with Crippen LogP contribution in [-0.2, 0) is 4.79 Å². The van der Waals surface area contributed by atoms with E-state index >= 15 is 0 Å². The molecule has 7 heteroatoms. The number of imide groups is 1. The molecule has 2 heterocycles. The SMILES string of the molecule is CC(C)N1C(=O)N(c2cccnn2)C(=O)[C@H]1c1ccc(Br)cc1. The van der Waals surface area contributed by atoms with Crippen molar-refractivity contribution in [1.29, 1.82) is 0 Å². The number of halogens is 1. The van der Waals surface area contributed by atoms with Crippen molar-refractivity contribution in [2.24, 2.45) is 0 Å². The van der Waals surface area contributed by atoms with Gasteiger partial charge in [0, 0.05) is 16.7 Å². The number of aromatic nitrogens is 2. The van der Waals surface area contributed by atoms with Crippen LogP contribution in [0, 0.1) is 0 Å². The lowest BCUT2D eigenvalue weighted by molar-refractivity contribution is -0.120. The molecule has 23 heavy (non-hydrogen) atoms. The Labute approximate surface area is 142 Å². The van der Waals surface area contributed by atoms with E-state index in [9.17, 15) is 9.59 Å². The average molecular weight is 375 g/mol. The summed E-state index contributed by atoms with van der Waals surface area (Å²) in [6.07, 6.45) is 1.50. The zero-order valence-electron chi connectivity index (χ0n) is 12.7. The van der Waals surface area contributed by atoms with Gasteiger partial charge in [0.1, 0.15) is 6.04 Å². The number of urea groups is 1. The molecule has 1 fully saturated rings. The third kappa shape index (κ3) is 2.72. The highest BCUT2D eigenvalue weighted by Crippen LogP contribution is 2.35. The molecule has 1 aromatic carbocycles. The van der Waals surface area contributed by atoms with E-state index in [1.807, 2.05) is 38.1 Å². The first-order valence-corrected chi connectivity index (χ1v) is 7.99. The Morgan fingerprint density at radius 2 is 1.83 bits per heavy atom. The van der Waals surface area contributed by atoms with Gasteiger partial charge in [-0.1, -0.05) is 28.1 Å². The maximum absolute atomic E-state index is 12.9. The van der Waals surface area contributed by atoms with Crippen molar-refractivity contribution in [2.75, 3.05) is 4.90 Å². The average Bonchev–Trinajstić information content (AvgIpc) is 2.80. The summed E-state index contributed by atoms with van der Waals surface area (Å²) in [4.78, 5) is 28.3. The van der Waals surface area contributed by atoms with Crippen molar-refractivity contribution in [3.05, 3.63) is 52.6 Å². The summed E-state index contributed by atoms with van der Waals surface area (Å²) in [5.41, 5.74) is 0.770. The summed E-state index contributed by atoms with van der Waals surface area (Å²) in [6, 6.07) is 9.50. The molecule has 1 aliphatic rings. The highest BCUT2D eigenvalue weighted by molar-refractivity contribution is 9.10. The van der Waals surface area contributed by atoms with Crippen LogP contribution in [0.5, 0.6) is 0 Å². The van der Waals surface area contributed by atoms with E-state index in [0.717, 1.165) is 14.9 Å². The van der Waals surface area contributed by atoms with Crippen molar-refractivity contribution >= 4 is 33.7 Å². The Hall–Kier alpha value is -2.28. The van der Waals surface area contributed by atoms with Gasteiger partial charge in [0.25, 0.3) is 5.91 Å². The summed E-state index contributed by atoms with van der Waals surface area (Å²) >= 11 is 3.38. The van der Waals surface area contributed by atoms with Crippen molar-refractivity contribution in [3.8, 4) is 0 Å². The molecule has 1 aliphatic heterocycles. The van der Waals surface area contributed by atoms with E-state index < -0.39 is 6.04 Å². The molecule has 0 N–H and O–H groups in total. The molecule has 2 aromatic rings. The molecule has 3 amide bonds. The Bertz CT molecular complexity index is 734. The van der Waals surface area contributed by atoms with Crippen LogP contribution in [0.3, 0.4) is 0 Å². The van der Waals surface area contributed by atoms with Gasteiger partial charge in [-0.05, 0) is 43.7 Å². The molecule has 0 aliphatic carbocycles. The minimum atomic E-state index is -0.655. The van der Waals surface area contributed by atoms with E-state index in [1.165, 1.54) is 6.20 Å². The van der Waals surface area contributed by atoms with Gasteiger partial charge >= 0.3 is 6.03 Å². The smallest absolute Gasteiger partial charge is 0.305 e. The normalized spacial score (nSPS) is 18.2. The van der Waals surface area contributed by atoms with E-state index in [2.05, 4.69) is 26.1 Å². The van der Waals surface area contributed by atoms with Crippen molar-refractivity contribution < 1.29 is 9.59 Å². The summed E-state index contributed by atoms with van der Waals surface area (Å²) in [5, 5.41) is 7.65. The predicted octanol–water partition coefficient (Wildman–Crippen LogP) is 3.16. The minimum absolute atomic E-state index is 0.123. The van der Waals surface area contributed by atoms with Gasteiger partial charge in [0.05, 0.1) is 0 Å². The zero-order valence-corrected chi connectivity index (χ0v) is 14.3. The van der Waals surface area contributed by atoms with Crippen molar-refractivity contribution in [3.63, 3.8) is 0 Å². The quantitative estimate of drug-likeness (QED) is 0.773. The Morgan fingerprint density at radius 1 is 1.13 bits per heavy atom. The van der Waals surface area contributed by atoms with Gasteiger partial charge in [-0.3, -0.25) is 4.79 Å². The van der Waals surface area contributed by atoms with Gasteiger partial charge < -0.3 is 4.90 Å². The number of carbonyl (C=O) groups is 2. The molecule has 3 rings (SSSR count). The molecule has 0 saturated carbocycles. The number of amides is 3. The van der Waals surface area contributed by atoms with Crippen LogP contribution in [0.15, 0.2) is 47.1 Å². The molecule has 0 bridgehead atoms. The van der Waals surface area contributed by atoms with Crippen LogP contribution in [-0.4, -0.2) is 33.1 Å². The van der Waals surface area contributed by atoms with Crippen LogP contribution in [0.2, 0.25) is 0 Å². The molecule has 1 aromatic heterocycles. The number of carbonyl (C=O) groups excluding carboxylic acids is 2. The summed E-state index contributed by atoms with van der Waals surface area (Å²) in [5.74, 6) is -0.0701. The molecular formula is C16H15BrN4O2. The lowest BCUT2D eigenvalue weighted by atomic mass is 10.0. The summed E-state index contributed by atoms with van der Waals surface area (Å²) < 4.78 is 0.917. The fourth-order valence-electron chi connectivity index (χ4n) is 2.65. The van der Waals surface area contributed by atoms with E-state index in [4.69, 9.17) is 0 Å². The first-order chi connectivity index (χ1) is 11.0. The van der Waals surface area contributed by atoms with Gasteiger partial charge in [-0.2, -0.15) is 5.10 Å². The van der Waals surface area contributed by atoms with Crippen molar-refractivity contribution in [2.45, 2.75) is 25.9 Å². The van der Waals surface area contributed by atoms with Gasteiger partial charge in [0.2, 0.25) is 0 Å². The molecule has 1 atom stereocenters. The first-order valence-electron chi connectivity index (χ1n) is 7.20. The third-order valence-electron chi connectivity index (χ3n) is 3.67. The van der Waals surface area contributed by atoms with Crippen LogP contribution in [0.4, 0.5) is 10.6 Å². The lowest BCUT2D eigenvalue weighted by Gasteiger charge is -2.25. The van der Waals surface area contributed by atoms with Gasteiger partial charge in [-0.25, -0.2) is 9.69 Å². The Kier molecular flexibility index (Phi) is 4.12. The second kappa shape index (κ2) is 6.08. The summed E-state index contributed by atoms with van der Waals surface area (Å²) in [6.45, 7) is 3.77. The standard InChI is InChI=1S/C16H15BrN4O2/c1-10(2)20-14(11-5-7-12(17)8-6-11)15(22)21(16(20)23)13-4-3-9-18-19-13/h3-10,14H,1-2H3/t14-/m1/s1. The number of benzene rings is 1. The second-order valence-electron chi connectivity index (χ2n) is 5.49. The monoisotopic (exact) mass is 374 g/mol. The number of anilines is 1. The van der Waals surface area contributed by atoms with Crippen LogP contribution >= 0.6 is 15.9 Å². The fourth-order valence-corrected chi connectivity index (χ4v) is 2.92. The molecule has 1 saturated heterocycles. The number of nitrogens with zero attached hydrogens (tertiary/aromatic N) is 4. The van der Waals surface area contributed by atoms with Crippen LogP contribution < -0.4 is 4.90 Å². The molecule has 6 nitrogen and oxygen atoms in total. The largest absolute Gasteiger partial charge is 0.333 e. The number of rotatable bonds is 3. The minimum Gasteiger partial charge on any atom is -0.305 e. The molecule has 118 valence electrons.